The first-order chi connectivity index (χ1) is 19.0. The van der Waals surface area contributed by atoms with Crippen LogP contribution in [0.25, 0.3) is 0 Å². The molecule has 3 rings (SSSR count). The number of hydrogen-bond acceptors (Lipinski definition) is 6. The molecule has 1 aliphatic carbocycles. The van der Waals surface area contributed by atoms with Crippen molar-refractivity contribution >= 4 is 33.5 Å². The van der Waals surface area contributed by atoms with Crippen LogP contribution < -0.4 is 16.0 Å². The van der Waals surface area contributed by atoms with E-state index in [2.05, 4.69) is 10.6 Å². The number of nitrogens with zero attached hydrogens (tertiary/aromatic N) is 1. The Labute approximate surface area is 238 Å². The van der Waals surface area contributed by atoms with E-state index in [9.17, 15) is 53.9 Å². The Balaban J connectivity index is 1.97. The van der Waals surface area contributed by atoms with Crippen molar-refractivity contribution in [3.05, 3.63) is 11.2 Å². The van der Waals surface area contributed by atoms with Gasteiger partial charge in [0.05, 0.1) is 6.04 Å². The lowest BCUT2D eigenvalue weighted by atomic mass is 9.85. The van der Waals surface area contributed by atoms with Crippen LogP contribution in [0.5, 0.6) is 0 Å². The molecule has 4 amide bonds. The van der Waals surface area contributed by atoms with E-state index < -0.39 is 111 Å². The van der Waals surface area contributed by atoms with Crippen molar-refractivity contribution in [1.29, 1.82) is 0 Å². The monoisotopic (exact) mass is 632 g/mol. The molecule has 0 aromatic rings. The largest absolute Gasteiger partial charge is 0.471 e. The quantitative estimate of drug-likeness (QED) is 0.349. The molecule has 1 saturated carbocycles. The normalized spacial score (nSPS) is 27.7. The lowest BCUT2D eigenvalue weighted by Gasteiger charge is -2.37. The summed E-state index contributed by atoms with van der Waals surface area (Å²) in [5.74, 6) is -11.0. The number of carbonyl (C=O) groups is 4. The van der Waals surface area contributed by atoms with Gasteiger partial charge in [0.1, 0.15) is 12.1 Å². The minimum absolute atomic E-state index is 0.252. The third kappa shape index (κ3) is 7.75. The molecule has 0 radical (unpaired) electrons. The minimum atomic E-state index is -5.33. The van der Waals surface area contributed by atoms with Crippen LogP contribution in [-0.2, 0) is 29.0 Å². The number of rotatable bonds is 8. The van der Waals surface area contributed by atoms with Gasteiger partial charge in [0.25, 0.3) is 0 Å². The molecule has 17 heteroatoms. The summed E-state index contributed by atoms with van der Waals surface area (Å²) in [5.41, 5.74) is -1.31. The van der Waals surface area contributed by atoms with E-state index in [0.717, 1.165) is 4.90 Å². The van der Waals surface area contributed by atoms with E-state index in [4.69, 9.17) is 0 Å². The zero-order valence-electron chi connectivity index (χ0n) is 23.4. The molecule has 2 heterocycles. The van der Waals surface area contributed by atoms with E-state index in [0.29, 0.717) is 12.3 Å². The predicted molar refractivity (Wildman–Crippen MR) is 136 cm³/mol. The van der Waals surface area contributed by atoms with Crippen molar-refractivity contribution in [3.8, 4) is 0 Å². The van der Waals surface area contributed by atoms with E-state index in [-0.39, 0.29) is 19.4 Å². The van der Waals surface area contributed by atoms with Crippen molar-refractivity contribution in [2.24, 2.45) is 23.2 Å². The highest BCUT2D eigenvalue weighted by molar-refractivity contribution is 7.94. The van der Waals surface area contributed by atoms with Crippen molar-refractivity contribution in [1.82, 2.24) is 20.9 Å². The highest BCUT2D eigenvalue weighted by Crippen LogP contribution is 2.50. The Morgan fingerprint density at radius 1 is 1.14 bits per heavy atom. The van der Waals surface area contributed by atoms with Gasteiger partial charge in [0.2, 0.25) is 38.6 Å². The lowest BCUT2D eigenvalue weighted by molar-refractivity contribution is -0.176. The Morgan fingerprint density at radius 2 is 1.76 bits per heavy atom. The van der Waals surface area contributed by atoms with Crippen LogP contribution >= 0.6 is 0 Å². The van der Waals surface area contributed by atoms with Gasteiger partial charge in [0.15, 0.2) is 0 Å². The van der Waals surface area contributed by atoms with Crippen LogP contribution in [0, 0.1) is 23.2 Å². The molecule has 0 spiro atoms. The van der Waals surface area contributed by atoms with Gasteiger partial charge in [-0.15, -0.1) is 0 Å². The highest BCUT2D eigenvalue weighted by atomic mass is 32.2. The summed E-state index contributed by atoms with van der Waals surface area (Å²) >= 11 is 0. The summed E-state index contributed by atoms with van der Waals surface area (Å²) in [7, 11) is -4.36. The number of nitrogens with one attached hydrogen (secondary N) is 3. The first-order valence-electron chi connectivity index (χ1n) is 13.2. The molecule has 2 saturated heterocycles. The standard InChI is InChI=1S/C25H34F6N4O6S/c1-23(2,3)18(34-22(39)25(29,30)31)21(38)35-11-13-9-24(27,28)10-15(13)17(35)20(37)33-14(8-16(26)42(4,40)41)7-12-5-6-32-19(12)36/h8,12-15,17-18H,5-7,9-11H2,1-4H3,(H,32,36)(H,33,37)(H,34,39). The summed E-state index contributed by atoms with van der Waals surface area (Å²) in [5, 5.41) is 4.95. The number of fused-ring (bicyclic) bond motifs is 1. The molecular weight excluding hydrogens is 598 g/mol. The fourth-order valence-electron chi connectivity index (χ4n) is 5.78. The van der Waals surface area contributed by atoms with Gasteiger partial charge < -0.3 is 20.9 Å². The SMILES string of the molecule is CC(C)(C)C(NC(=O)C(F)(F)F)C(=O)N1CC2CC(F)(F)CC2C1C(=O)NC(C=C(F)S(C)(=O)=O)CC1CCNC1=O. The van der Waals surface area contributed by atoms with Gasteiger partial charge in [-0.05, 0) is 36.2 Å². The Hall–Kier alpha value is -2.85. The second-order valence-corrected chi connectivity index (χ2v) is 14.2. The van der Waals surface area contributed by atoms with E-state index in [1.165, 1.54) is 20.8 Å². The number of carbonyl (C=O) groups excluding carboxylic acids is 4. The number of hydrogen-bond donors (Lipinski definition) is 3. The minimum Gasteiger partial charge on any atom is -0.356 e. The molecule has 0 bridgehead atoms. The third-order valence-electron chi connectivity index (χ3n) is 7.79. The molecule has 0 aromatic heterocycles. The second-order valence-electron chi connectivity index (χ2n) is 12.3. The highest BCUT2D eigenvalue weighted by Gasteiger charge is 2.59. The summed E-state index contributed by atoms with van der Waals surface area (Å²) in [6.07, 6.45) is -5.67. The van der Waals surface area contributed by atoms with Crippen molar-refractivity contribution < 1.29 is 53.9 Å². The average Bonchev–Trinajstić information content (AvgIpc) is 3.45. The van der Waals surface area contributed by atoms with E-state index in [1.54, 1.807) is 5.32 Å². The fourth-order valence-corrected chi connectivity index (χ4v) is 6.19. The van der Waals surface area contributed by atoms with Gasteiger partial charge in [-0.25, -0.2) is 17.2 Å². The zero-order chi connectivity index (χ0) is 32.0. The molecule has 3 aliphatic rings. The van der Waals surface area contributed by atoms with Crippen LogP contribution in [0.15, 0.2) is 11.2 Å². The van der Waals surface area contributed by atoms with Crippen LogP contribution in [0.3, 0.4) is 0 Å². The van der Waals surface area contributed by atoms with Gasteiger partial charge in [-0.3, -0.25) is 19.2 Å². The summed E-state index contributed by atoms with van der Waals surface area (Å²) in [6.45, 7) is 3.97. The second kappa shape index (κ2) is 11.7. The molecular formula is C25H34F6N4O6S. The Morgan fingerprint density at radius 3 is 2.26 bits per heavy atom. The molecule has 3 fully saturated rings. The van der Waals surface area contributed by atoms with E-state index >= 15 is 0 Å². The van der Waals surface area contributed by atoms with Crippen LogP contribution in [-0.4, -0.2) is 86.5 Å². The average molecular weight is 633 g/mol. The maximum Gasteiger partial charge on any atom is 0.471 e. The fraction of sp³-hybridized carbons (Fsp3) is 0.760. The Kier molecular flexibility index (Phi) is 9.36. The number of likely N-dealkylation sites (tertiary alicyclic amines) is 1. The van der Waals surface area contributed by atoms with Crippen molar-refractivity contribution in [2.45, 2.75) is 76.7 Å². The number of sulfone groups is 1. The van der Waals surface area contributed by atoms with Gasteiger partial charge in [0, 0.05) is 38.1 Å². The molecule has 6 unspecified atom stereocenters. The summed E-state index contributed by atoms with van der Waals surface area (Å²) < 4.78 is 106. The lowest BCUT2D eigenvalue weighted by Crippen LogP contribution is -2.60. The van der Waals surface area contributed by atoms with Crippen LogP contribution in [0.4, 0.5) is 26.3 Å². The molecule has 10 nitrogen and oxygen atoms in total. The third-order valence-corrected chi connectivity index (χ3v) is 8.63. The van der Waals surface area contributed by atoms with E-state index in [1.807, 2.05) is 0 Å². The molecule has 6 atom stereocenters. The maximum atomic E-state index is 14.5. The molecule has 2 aliphatic heterocycles. The zero-order valence-corrected chi connectivity index (χ0v) is 24.2. The molecule has 42 heavy (non-hydrogen) atoms. The first-order valence-corrected chi connectivity index (χ1v) is 15.1. The van der Waals surface area contributed by atoms with Crippen LogP contribution in [0.1, 0.15) is 46.5 Å². The van der Waals surface area contributed by atoms with Crippen molar-refractivity contribution in [3.63, 3.8) is 0 Å². The number of alkyl halides is 5. The molecule has 3 N–H and O–H groups in total. The van der Waals surface area contributed by atoms with Crippen molar-refractivity contribution in [2.75, 3.05) is 19.3 Å². The molecule has 0 aromatic carbocycles. The maximum absolute atomic E-state index is 14.5. The topological polar surface area (TPSA) is 142 Å². The summed E-state index contributed by atoms with van der Waals surface area (Å²) in [4.78, 5) is 52.0. The number of amides is 4. The molecule has 238 valence electrons. The summed E-state index contributed by atoms with van der Waals surface area (Å²) in [6, 6.07) is -4.87. The Bertz CT molecular complexity index is 1250. The van der Waals surface area contributed by atoms with Crippen LogP contribution in [0.2, 0.25) is 0 Å². The van der Waals surface area contributed by atoms with Gasteiger partial charge >= 0.3 is 12.1 Å². The first kappa shape index (κ1) is 33.6. The predicted octanol–water partition coefficient (Wildman–Crippen LogP) is 1.82. The smallest absolute Gasteiger partial charge is 0.356 e. The number of halogens is 6. The van der Waals surface area contributed by atoms with Gasteiger partial charge in [-0.1, -0.05) is 20.8 Å². The van der Waals surface area contributed by atoms with Gasteiger partial charge in [-0.2, -0.15) is 17.6 Å².